The van der Waals surface area contributed by atoms with Crippen LogP contribution in [0.1, 0.15) is 88.4 Å². The summed E-state index contributed by atoms with van der Waals surface area (Å²) in [6, 6.07) is 8.46. The molecule has 0 aliphatic carbocycles. The molecule has 0 aromatic heterocycles. The van der Waals surface area contributed by atoms with Crippen LogP contribution in [0.15, 0.2) is 54.6 Å². The van der Waals surface area contributed by atoms with Gasteiger partial charge in [-0.1, -0.05) is 74.0 Å². The van der Waals surface area contributed by atoms with Crippen LogP contribution in [0.25, 0.3) is 0 Å². The van der Waals surface area contributed by atoms with Crippen molar-refractivity contribution in [2.45, 2.75) is 127 Å². The molecule has 6 heterocycles. The minimum Gasteiger partial charge on any atom is -0.458 e. The second-order valence-corrected chi connectivity index (χ2v) is 19.9. The maximum Gasteiger partial charge on any atom is 0.333 e. The summed E-state index contributed by atoms with van der Waals surface area (Å²) >= 11 is 1.75. The van der Waals surface area contributed by atoms with Gasteiger partial charge in [-0.15, -0.1) is 0 Å². The van der Waals surface area contributed by atoms with Crippen LogP contribution >= 0.6 is 11.8 Å². The van der Waals surface area contributed by atoms with Gasteiger partial charge in [-0.3, -0.25) is 33.6 Å². The minimum atomic E-state index is -1.46. The lowest BCUT2D eigenvalue weighted by Crippen LogP contribution is -2.63. The highest BCUT2D eigenvalue weighted by atomic mass is 32.2. The van der Waals surface area contributed by atoms with E-state index in [4.69, 9.17) is 4.74 Å². The number of cyclic esters (lactones) is 1. The van der Waals surface area contributed by atoms with Gasteiger partial charge in [0.2, 0.25) is 35.4 Å². The summed E-state index contributed by atoms with van der Waals surface area (Å²) in [6.07, 6.45) is 1.64. The molecule has 2 aromatic rings. The van der Waals surface area contributed by atoms with Crippen LogP contribution < -0.4 is 16.0 Å². The van der Waals surface area contributed by atoms with E-state index in [1.165, 1.54) is 28.7 Å². The Labute approximate surface area is 391 Å². The number of ketones is 1. The Morgan fingerprint density at radius 1 is 0.818 bits per heavy atom. The zero-order valence-electron chi connectivity index (χ0n) is 38.7. The Morgan fingerprint density at radius 3 is 2.18 bits per heavy atom. The zero-order valence-corrected chi connectivity index (χ0v) is 39.6. The summed E-state index contributed by atoms with van der Waals surface area (Å²) < 4.78 is 5.92. The molecule has 0 saturated carbocycles. The largest absolute Gasteiger partial charge is 0.458 e. The molecule has 8 rings (SSSR count). The van der Waals surface area contributed by atoms with Crippen molar-refractivity contribution in [1.29, 1.82) is 0 Å². The van der Waals surface area contributed by atoms with Gasteiger partial charge in [-0.2, -0.15) is 11.8 Å². The van der Waals surface area contributed by atoms with Gasteiger partial charge in [0, 0.05) is 62.9 Å². The summed E-state index contributed by atoms with van der Waals surface area (Å²) in [6.45, 7) is 9.94. The minimum absolute atomic E-state index is 0.00779. The van der Waals surface area contributed by atoms with Crippen LogP contribution in [0.3, 0.4) is 0 Å². The third-order valence-electron chi connectivity index (χ3n) is 14.2. The molecule has 16 nitrogen and oxygen atoms in total. The number of Topliss-reactive ketones (excluding diaryl/α,β-unsaturated/α-hetero) is 1. The third-order valence-corrected chi connectivity index (χ3v) is 15.7. The fourth-order valence-corrected chi connectivity index (χ4v) is 11.7. The number of hydrogen-bond donors (Lipinski definition) is 3. The fraction of sp³-hybridized carbons (Fsp3) is 0.592. The van der Waals surface area contributed by atoms with Gasteiger partial charge in [0.25, 0.3) is 0 Å². The number of fused-ring (bicyclic) bond motifs is 5. The number of nitrogens with zero attached hydrogens (tertiary/aromatic N) is 4. The Balaban J connectivity index is 1.29. The standard InChI is InChI=1S/C49H65N7O9S/c1-6-35-46(61)55-21-11-14-36(55)47(62)53(5)38(24-31-17-15-29(3)16-18-31)48(63)56-26-34(28-66-40-27-54-22-19-32(40)20-23-54)39(57)25-37(56)44(59)52-43(33-12-9-8-10-13-33)49(64)65-30(4)42(45(60)50-35)51-41(58)7-2/h8-10,12-13,15-18,30,32,34-38,40,42-43H,6-7,11,14,19-28H2,1-5H3,(H,50,60)(H,51,58)(H,52,59)/t30-,34+,35+,36+,37+,38+,40?,42+,43+/m1/s1. The van der Waals surface area contributed by atoms with Gasteiger partial charge in [0.05, 0.1) is 0 Å². The van der Waals surface area contributed by atoms with E-state index in [1.807, 2.05) is 31.2 Å². The maximum atomic E-state index is 15.5. The van der Waals surface area contributed by atoms with Gasteiger partial charge in [-0.05, 0) is 76.1 Å². The number of likely N-dealkylation sites (N-methyl/N-ethyl adjacent to an activating group) is 1. The average Bonchev–Trinajstić information content (AvgIpc) is 3.83. The Kier molecular flexibility index (Phi) is 15.9. The van der Waals surface area contributed by atoms with Crippen molar-refractivity contribution >= 4 is 59.0 Å². The summed E-state index contributed by atoms with van der Waals surface area (Å²) in [7, 11) is 1.54. The second-order valence-electron chi connectivity index (χ2n) is 18.6. The van der Waals surface area contributed by atoms with Crippen LogP contribution in [0.2, 0.25) is 0 Å². The molecule has 6 aliphatic heterocycles. The van der Waals surface area contributed by atoms with E-state index in [9.17, 15) is 33.6 Å². The van der Waals surface area contributed by atoms with Gasteiger partial charge in [-0.25, -0.2) is 4.79 Å². The molecule has 9 atom stereocenters. The SMILES string of the molecule is CCC(=O)N[C@@H]1C(=O)N[C@@H](CC)C(=O)N2CCC[C@H]2C(=O)N(C)[C@@H](Cc2ccc(C)cc2)C(=O)N2C[C@@H](CSC3CN4CCC3CC4)C(=O)C[C@H]2C(=O)N[C@@H](c2ccccc2)C(=O)O[C@@H]1C. The number of hydrogen-bond acceptors (Lipinski definition) is 11. The predicted molar refractivity (Wildman–Crippen MR) is 248 cm³/mol. The van der Waals surface area contributed by atoms with Gasteiger partial charge in [0.1, 0.15) is 42.1 Å². The monoisotopic (exact) mass is 927 g/mol. The highest BCUT2D eigenvalue weighted by molar-refractivity contribution is 8.00. The summed E-state index contributed by atoms with van der Waals surface area (Å²) in [5.74, 6) is -4.29. The van der Waals surface area contributed by atoms with Crippen LogP contribution in [0.4, 0.5) is 0 Å². The molecule has 6 fully saturated rings. The highest BCUT2D eigenvalue weighted by Gasteiger charge is 2.48. The van der Waals surface area contributed by atoms with E-state index < -0.39 is 89.7 Å². The topological polar surface area (TPSA) is 195 Å². The summed E-state index contributed by atoms with van der Waals surface area (Å²) in [5, 5.41) is 8.54. The zero-order chi connectivity index (χ0) is 47.2. The van der Waals surface area contributed by atoms with E-state index >= 15 is 4.79 Å². The normalized spacial score (nSPS) is 31.5. The molecule has 356 valence electrons. The quantitative estimate of drug-likeness (QED) is 0.313. The van der Waals surface area contributed by atoms with Crippen molar-refractivity contribution in [3.8, 4) is 0 Å². The van der Waals surface area contributed by atoms with Crippen molar-refractivity contribution in [2.75, 3.05) is 45.5 Å². The number of benzene rings is 2. The van der Waals surface area contributed by atoms with Crippen LogP contribution in [0.5, 0.6) is 0 Å². The molecule has 1 unspecified atom stereocenters. The molecule has 66 heavy (non-hydrogen) atoms. The van der Waals surface area contributed by atoms with E-state index in [0.29, 0.717) is 35.3 Å². The van der Waals surface area contributed by atoms with Crippen molar-refractivity contribution in [1.82, 2.24) is 35.6 Å². The lowest BCUT2D eigenvalue weighted by Gasteiger charge is -2.45. The first-order chi connectivity index (χ1) is 31.7. The van der Waals surface area contributed by atoms with E-state index in [0.717, 1.165) is 43.6 Å². The molecule has 2 bridgehead atoms. The third kappa shape index (κ3) is 10.9. The second kappa shape index (κ2) is 21.6. The average molecular weight is 928 g/mol. The highest BCUT2D eigenvalue weighted by Crippen LogP contribution is 2.37. The molecule has 17 heteroatoms. The lowest BCUT2D eigenvalue weighted by atomic mass is 9.88. The fourth-order valence-electron chi connectivity index (χ4n) is 10.1. The Morgan fingerprint density at radius 2 is 1.53 bits per heavy atom. The van der Waals surface area contributed by atoms with Gasteiger partial charge < -0.3 is 40.3 Å². The number of ether oxygens (including phenoxy) is 1. The van der Waals surface area contributed by atoms with Crippen molar-refractivity contribution < 1.29 is 43.1 Å². The number of amides is 6. The Hall–Kier alpha value is -5.29. The molecule has 6 aliphatic rings. The van der Waals surface area contributed by atoms with Gasteiger partial charge >= 0.3 is 5.97 Å². The maximum absolute atomic E-state index is 15.5. The molecule has 0 radical (unpaired) electrons. The smallest absolute Gasteiger partial charge is 0.333 e. The molecule has 6 saturated heterocycles. The Bertz CT molecular complexity index is 2130. The van der Waals surface area contributed by atoms with Crippen LogP contribution in [0, 0.1) is 18.8 Å². The van der Waals surface area contributed by atoms with E-state index in [-0.39, 0.29) is 44.6 Å². The molecule has 3 N–H and O–H groups in total. The first kappa shape index (κ1) is 48.6. The summed E-state index contributed by atoms with van der Waals surface area (Å²) in [5.41, 5.74) is 2.10. The number of esters is 1. The van der Waals surface area contributed by atoms with Crippen LogP contribution in [-0.2, 0) is 49.5 Å². The number of piperidine rings is 4. The summed E-state index contributed by atoms with van der Waals surface area (Å²) in [4.78, 5) is 122. The molecule has 6 amide bonds. The molecular weight excluding hydrogens is 863 g/mol. The number of aryl methyl sites for hydroxylation is 1. The lowest BCUT2D eigenvalue weighted by molar-refractivity contribution is -0.158. The van der Waals surface area contributed by atoms with Crippen LogP contribution in [-0.4, -0.2) is 154 Å². The number of carbonyl (C=O) groups is 8. The van der Waals surface area contributed by atoms with E-state index in [2.05, 4.69) is 20.9 Å². The number of rotatable bonds is 9. The molecular formula is C49H65N7O9S. The van der Waals surface area contributed by atoms with Crippen molar-refractivity contribution in [3.05, 3.63) is 71.3 Å². The van der Waals surface area contributed by atoms with Crippen molar-refractivity contribution in [3.63, 3.8) is 0 Å². The van der Waals surface area contributed by atoms with Crippen molar-refractivity contribution in [2.24, 2.45) is 11.8 Å². The predicted octanol–water partition coefficient (Wildman–Crippen LogP) is 2.56. The molecule has 2 aromatic carbocycles. The number of thioether (sulfide) groups is 1. The molecule has 0 spiro atoms. The number of nitrogens with one attached hydrogen (secondary N) is 3. The van der Waals surface area contributed by atoms with E-state index in [1.54, 1.807) is 55.9 Å². The first-order valence-electron chi connectivity index (χ1n) is 23.6. The number of carbonyl (C=O) groups excluding carboxylic acids is 8. The van der Waals surface area contributed by atoms with Gasteiger partial charge in [0.15, 0.2) is 6.04 Å². The first-order valence-corrected chi connectivity index (χ1v) is 24.7.